The molecule has 1 nitrogen and oxygen atoms in total. The summed E-state index contributed by atoms with van der Waals surface area (Å²) in [7, 11) is -2.52. The summed E-state index contributed by atoms with van der Waals surface area (Å²) in [5.74, 6) is 0.843. The Kier molecular flexibility index (Phi) is 7.08. The van der Waals surface area contributed by atoms with Crippen molar-refractivity contribution < 1.29 is 4.57 Å². The van der Waals surface area contributed by atoms with Gasteiger partial charge in [0.05, 0.1) is 0 Å². The van der Waals surface area contributed by atoms with Gasteiger partial charge in [0.1, 0.15) is 0 Å². The molecule has 0 N–H and O–H groups in total. The van der Waals surface area contributed by atoms with Crippen LogP contribution in [-0.2, 0) is 4.57 Å². The molecule has 144 valence electrons. The van der Waals surface area contributed by atoms with Crippen molar-refractivity contribution in [2.75, 3.05) is 4.21 Å². The Bertz CT molecular complexity index is 752. The van der Waals surface area contributed by atoms with E-state index in [0.29, 0.717) is 5.41 Å². The number of hydrogen-bond acceptors (Lipinski definition) is 1. The zero-order valence-electron chi connectivity index (χ0n) is 16.7. The van der Waals surface area contributed by atoms with E-state index in [1.165, 1.54) is 25.7 Å². The third-order valence-corrected chi connectivity index (χ3v) is 14.3. The van der Waals surface area contributed by atoms with E-state index in [-0.39, 0.29) is 0 Å². The van der Waals surface area contributed by atoms with Gasteiger partial charge in [0, 0.05) is 0 Å². The molecule has 0 unspecified atom stereocenters. The minimum absolute atomic E-state index is 0.412. The monoisotopic (exact) mass is 496 g/mol. The molecule has 0 bridgehead atoms. The topological polar surface area (TPSA) is 17.1 Å². The summed E-state index contributed by atoms with van der Waals surface area (Å²) in [6.07, 6.45) is 5.12. The SMILES string of the molecule is CC(C)(C)C1CCC(=C[Te]CP(=O)(c2ccccc2)c2ccccc2)CC1. The van der Waals surface area contributed by atoms with Gasteiger partial charge in [-0.05, 0) is 0 Å². The van der Waals surface area contributed by atoms with Crippen molar-refractivity contribution in [1.29, 1.82) is 0 Å². The summed E-state index contributed by atoms with van der Waals surface area (Å²) < 4.78 is 17.4. The van der Waals surface area contributed by atoms with E-state index in [2.05, 4.69) is 24.9 Å². The summed E-state index contributed by atoms with van der Waals surface area (Å²) >= 11 is -0.412. The van der Waals surface area contributed by atoms with E-state index < -0.39 is 28.1 Å². The Morgan fingerprint density at radius 2 is 1.41 bits per heavy atom. The molecule has 2 aromatic carbocycles. The first-order valence-electron chi connectivity index (χ1n) is 9.89. The maximum absolute atomic E-state index is 14.0. The molecular formula is C24H31OPTe. The molecule has 0 radical (unpaired) electrons. The predicted octanol–water partition coefficient (Wildman–Crippen LogP) is 5.78. The number of rotatable bonds is 5. The van der Waals surface area contributed by atoms with Gasteiger partial charge >= 0.3 is 176 Å². The quantitative estimate of drug-likeness (QED) is 0.381. The molecule has 1 aliphatic rings. The van der Waals surface area contributed by atoms with Gasteiger partial charge in [-0.3, -0.25) is 0 Å². The van der Waals surface area contributed by atoms with Crippen LogP contribution in [-0.4, -0.2) is 25.1 Å². The second-order valence-electron chi connectivity index (χ2n) is 8.62. The number of benzene rings is 2. The van der Waals surface area contributed by atoms with Crippen molar-refractivity contribution in [3.05, 3.63) is 70.4 Å². The number of hydrogen-bond donors (Lipinski definition) is 0. The molecule has 0 saturated heterocycles. The summed E-state index contributed by atoms with van der Waals surface area (Å²) in [5, 5.41) is 2.02. The second-order valence-corrected chi connectivity index (χ2v) is 15.2. The Morgan fingerprint density at radius 3 is 1.85 bits per heavy atom. The van der Waals surface area contributed by atoms with E-state index in [0.717, 1.165) is 20.7 Å². The fourth-order valence-electron chi connectivity index (χ4n) is 3.87. The normalized spacial score (nSPS) is 18.3. The van der Waals surface area contributed by atoms with Crippen LogP contribution in [0.15, 0.2) is 70.4 Å². The van der Waals surface area contributed by atoms with Crippen molar-refractivity contribution in [2.24, 2.45) is 11.3 Å². The summed E-state index contributed by atoms with van der Waals surface area (Å²) in [4.78, 5) is 0. The molecule has 27 heavy (non-hydrogen) atoms. The van der Waals surface area contributed by atoms with Crippen LogP contribution in [0.3, 0.4) is 0 Å². The molecule has 0 heterocycles. The summed E-state index contributed by atoms with van der Waals surface area (Å²) in [5.41, 5.74) is 2.06. The van der Waals surface area contributed by atoms with E-state index >= 15 is 0 Å². The van der Waals surface area contributed by atoms with Gasteiger partial charge in [0.25, 0.3) is 0 Å². The van der Waals surface area contributed by atoms with Crippen molar-refractivity contribution >= 4 is 38.7 Å². The zero-order chi connectivity index (χ0) is 19.3. The molecular weight excluding hydrogens is 463 g/mol. The van der Waals surface area contributed by atoms with Crippen LogP contribution in [0.5, 0.6) is 0 Å². The van der Waals surface area contributed by atoms with Crippen molar-refractivity contribution in [1.82, 2.24) is 0 Å². The molecule has 0 aromatic heterocycles. The van der Waals surface area contributed by atoms with Gasteiger partial charge in [0.2, 0.25) is 0 Å². The van der Waals surface area contributed by atoms with Crippen LogP contribution in [0.4, 0.5) is 0 Å². The van der Waals surface area contributed by atoms with Crippen LogP contribution in [0.1, 0.15) is 46.5 Å². The predicted molar refractivity (Wildman–Crippen MR) is 120 cm³/mol. The first-order valence-corrected chi connectivity index (χ1v) is 14.8. The van der Waals surface area contributed by atoms with Gasteiger partial charge in [0.15, 0.2) is 0 Å². The summed E-state index contributed by atoms with van der Waals surface area (Å²) in [6, 6.07) is 20.2. The molecule has 1 fully saturated rings. The van der Waals surface area contributed by atoms with E-state index in [1.807, 2.05) is 60.7 Å². The molecule has 1 saturated carbocycles. The molecule has 0 amide bonds. The zero-order valence-corrected chi connectivity index (χ0v) is 20.0. The Labute approximate surface area is 175 Å². The van der Waals surface area contributed by atoms with E-state index in [9.17, 15) is 4.57 Å². The van der Waals surface area contributed by atoms with E-state index in [1.54, 1.807) is 5.57 Å². The van der Waals surface area contributed by atoms with Gasteiger partial charge in [-0.15, -0.1) is 0 Å². The first kappa shape index (κ1) is 20.9. The fourth-order valence-corrected chi connectivity index (χ4v) is 12.4. The first-order chi connectivity index (χ1) is 12.9. The average molecular weight is 494 g/mol. The van der Waals surface area contributed by atoms with Gasteiger partial charge in [-0.25, -0.2) is 0 Å². The van der Waals surface area contributed by atoms with Crippen LogP contribution in [0.25, 0.3) is 0 Å². The molecule has 2 aromatic rings. The molecule has 0 atom stereocenters. The standard InChI is InChI=1S/C24H31OPTe/c1-24(2,3)21-16-14-20(15-17-21)18-27-19-26(25,22-10-6-4-7-11-22)23-12-8-5-9-13-23/h4-13,18,21H,14-17,19H2,1-3H3. The van der Waals surface area contributed by atoms with Crippen LogP contribution in [0.2, 0.25) is 0 Å². The second kappa shape index (κ2) is 9.13. The van der Waals surface area contributed by atoms with Crippen LogP contribution < -0.4 is 10.6 Å². The molecule has 0 spiro atoms. The maximum atomic E-state index is 14.0. The van der Waals surface area contributed by atoms with Gasteiger partial charge in [-0.1, -0.05) is 0 Å². The number of allylic oxidation sites excluding steroid dienone is 1. The third kappa shape index (κ3) is 5.38. The average Bonchev–Trinajstić information content (AvgIpc) is 2.69. The molecule has 3 heteroatoms. The van der Waals surface area contributed by atoms with Crippen LogP contribution in [0, 0.1) is 11.3 Å². The molecule has 0 aliphatic heterocycles. The van der Waals surface area contributed by atoms with Gasteiger partial charge in [-0.2, -0.15) is 0 Å². The Hall–Kier alpha value is -0.800. The van der Waals surface area contributed by atoms with Gasteiger partial charge < -0.3 is 0 Å². The third-order valence-electron chi connectivity index (χ3n) is 5.71. The summed E-state index contributed by atoms with van der Waals surface area (Å²) in [6.45, 7) is 7.11. The van der Waals surface area contributed by atoms with Crippen molar-refractivity contribution in [3.8, 4) is 0 Å². The van der Waals surface area contributed by atoms with Crippen molar-refractivity contribution in [2.45, 2.75) is 46.5 Å². The Balaban J connectivity index is 1.71. The molecule has 3 rings (SSSR count). The van der Waals surface area contributed by atoms with Crippen molar-refractivity contribution in [3.63, 3.8) is 0 Å². The Morgan fingerprint density at radius 1 is 0.926 bits per heavy atom. The van der Waals surface area contributed by atoms with Crippen LogP contribution >= 0.6 is 7.14 Å². The molecule has 1 aliphatic carbocycles. The minimum atomic E-state index is -2.52. The van der Waals surface area contributed by atoms with E-state index in [4.69, 9.17) is 0 Å². The fraction of sp³-hybridized carbons (Fsp3) is 0.417.